The summed E-state index contributed by atoms with van der Waals surface area (Å²) in [6.45, 7) is 4.69. The molecule has 120 valence electrons. The Morgan fingerprint density at radius 1 is 0.870 bits per heavy atom. The highest BCUT2D eigenvalue weighted by molar-refractivity contribution is 6.30. The van der Waals surface area contributed by atoms with Gasteiger partial charge in [-0.15, -0.1) is 0 Å². The quantitative estimate of drug-likeness (QED) is 0.638. The van der Waals surface area contributed by atoms with Gasteiger partial charge in [-0.05, 0) is 17.7 Å². The Hall–Kier alpha value is -2.11. The number of halogens is 1. The second-order valence-corrected chi connectivity index (χ2v) is 5.94. The van der Waals surface area contributed by atoms with Crippen LogP contribution in [0.15, 0.2) is 61.7 Å². The van der Waals surface area contributed by atoms with Gasteiger partial charge < -0.3 is 9.13 Å². The maximum Gasteiger partial charge on any atom is 0.0946 e. The van der Waals surface area contributed by atoms with E-state index in [4.69, 9.17) is 11.6 Å². The standard InChI is InChI=1S/C17H20ClN5/c18-17-3-1-16(2-4-17)13-21(9-11-22-7-5-19-14-22)10-12-23-8-6-20-15-23/h1-8,14-15H,9-13H2. The van der Waals surface area contributed by atoms with Gasteiger partial charge in [0.05, 0.1) is 12.7 Å². The molecule has 0 radical (unpaired) electrons. The minimum atomic E-state index is 0.775. The van der Waals surface area contributed by atoms with E-state index in [1.165, 1.54) is 5.56 Å². The summed E-state index contributed by atoms with van der Waals surface area (Å²) in [5.74, 6) is 0. The third-order valence-corrected chi connectivity index (χ3v) is 4.04. The van der Waals surface area contributed by atoms with Gasteiger partial charge in [0.15, 0.2) is 0 Å². The van der Waals surface area contributed by atoms with E-state index in [0.717, 1.165) is 37.7 Å². The lowest BCUT2D eigenvalue weighted by atomic mass is 10.2. The number of hydrogen-bond acceptors (Lipinski definition) is 3. The smallest absolute Gasteiger partial charge is 0.0946 e. The Balaban J connectivity index is 1.60. The molecule has 2 aromatic heterocycles. The molecule has 0 saturated heterocycles. The first-order valence-corrected chi connectivity index (χ1v) is 8.06. The maximum atomic E-state index is 5.97. The normalized spacial score (nSPS) is 11.2. The zero-order valence-corrected chi connectivity index (χ0v) is 13.7. The summed E-state index contributed by atoms with van der Waals surface area (Å²) in [7, 11) is 0. The van der Waals surface area contributed by atoms with Gasteiger partial charge in [0, 0.05) is 62.5 Å². The summed E-state index contributed by atoms with van der Waals surface area (Å²) >= 11 is 5.97. The minimum Gasteiger partial charge on any atom is -0.336 e. The van der Waals surface area contributed by atoms with E-state index in [9.17, 15) is 0 Å². The second-order valence-electron chi connectivity index (χ2n) is 5.50. The average molecular weight is 330 g/mol. The van der Waals surface area contributed by atoms with Gasteiger partial charge in [-0.3, -0.25) is 4.90 Å². The van der Waals surface area contributed by atoms with E-state index in [-0.39, 0.29) is 0 Å². The number of hydrogen-bond donors (Lipinski definition) is 0. The molecule has 0 saturated carbocycles. The van der Waals surface area contributed by atoms with Crippen LogP contribution >= 0.6 is 11.6 Å². The molecule has 0 aliphatic rings. The molecule has 0 bridgehead atoms. The van der Waals surface area contributed by atoms with Crippen molar-refractivity contribution < 1.29 is 0 Å². The van der Waals surface area contributed by atoms with E-state index in [1.54, 1.807) is 0 Å². The predicted octanol–water partition coefficient (Wildman–Crippen LogP) is 2.94. The van der Waals surface area contributed by atoms with Crippen LogP contribution in [0.1, 0.15) is 5.56 Å². The zero-order valence-electron chi connectivity index (χ0n) is 12.9. The van der Waals surface area contributed by atoms with Crippen molar-refractivity contribution in [3.05, 3.63) is 72.3 Å². The number of rotatable bonds is 8. The summed E-state index contributed by atoms with van der Waals surface area (Å²) in [5.41, 5.74) is 1.27. The number of benzene rings is 1. The fourth-order valence-corrected chi connectivity index (χ4v) is 2.60. The predicted molar refractivity (Wildman–Crippen MR) is 91.2 cm³/mol. The van der Waals surface area contributed by atoms with Crippen LogP contribution in [0, 0.1) is 0 Å². The van der Waals surface area contributed by atoms with Crippen LogP contribution in [0.2, 0.25) is 5.02 Å². The molecule has 3 rings (SSSR count). The molecule has 3 aromatic rings. The summed E-state index contributed by atoms with van der Waals surface area (Å²) in [5, 5.41) is 0.775. The fraction of sp³-hybridized carbons (Fsp3) is 0.294. The molecule has 0 amide bonds. The molecule has 1 aromatic carbocycles. The van der Waals surface area contributed by atoms with Crippen molar-refractivity contribution in [1.29, 1.82) is 0 Å². The van der Waals surface area contributed by atoms with Gasteiger partial charge >= 0.3 is 0 Å². The second kappa shape index (κ2) is 7.94. The highest BCUT2D eigenvalue weighted by Crippen LogP contribution is 2.11. The highest BCUT2D eigenvalue weighted by atomic mass is 35.5. The van der Waals surface area contributed by atoms with Crippen LogP contribution in [0.25, 0.3) is 0 Å². The molecule has 23 heavy (non-hydrogen) atoms. The third-order valence-electron chi connectivity index (χ3n) is 3.79. The van der Waals surface area contributed by atoms with E-state index in [0.29, 0.717) is 0 Å². The molecular formula is C17H20ClN5. The van der Waals surface area contributed by atoms with Gasteiger partial charge in [-0.25, -0.2) is 9.97 Å². The van der Waals surface area contributed by atoms with E-state index in [2.05, 4.69) is 36.1 Å². The van der Waals surface area contributed by atoms with Crippen molar-refractivity contribution in [2.45, 2.75) is 19.6 Å². The van der Waals surface area contributed by atoms with E-state index >= 15 is 0 Å². The Morgan fingerprint density at radius 2 is 1.43 bits per heavy atom. The zero-order chi connectivity index (χ0) is 15.9. The van der Waals surface area contributed by atoms with Crippen LogP contribution < -0.4 is 0 Å². The molecule has 0 aliphatic carbocycles. The summed E-state index contributed by atoms with van der Waals surface area (Å²) < 4.78 is 4.21. The number of imidazole rings is 2. The van der Waals surface area contributed by atoms with Crippen molar-refractivity contribution >= 4 is 11.6 Å². The first kappa shape index (κ1) is 15.8. The molecule has 5 nitrogen and oxygen atoms in total. The summed E-state index contributed by atoms with van der Waals surface area (Å²) in [6, 6.07) is 8.06. The van der Waals surface area contributed by atoms with Crippen molar-refractivity contribution in [2.75, 3.05) is 13.1 Å². The first-order chi connectivity index (χ1) is 11.3. The van der Waals surface area contributed by atoms with Crippen molar-refractivity contribution in [2.24, 2.45) is 0 Å². The van der Waals surface area contributed by atoms with Gasteiger partial charge in [0.1, 0.15) is 0 Å². The molecule has 2 heterocycles. The fourth-order valence-electron chi connectivity index (χ4n) is 2.47. The molecule has 6 heteroatoms. The molecule has 0 spiro atoms. The first-order valence-electron chi connectivity index (χ1n) is 7.68. The van der Waals surface area contributed by atoms with Crippen LogP contribution in [-0.2, 0) is 19.6 Å². The van der Waals surface area contributed by atoms with Crippen LogP contribution in [0.5, 0.6) is 0 Å². The minimum absolute atomic E-state index is 0.775. The van der Waals surface area contributed by atoms with Crippen molar-refractivity contribution in [1.82, 2.24) is 24.0 Å². The van der Waals surface area contributed by atoms with Crippen LogP contribution in [-0.4, -0.2) is 37.1 Å². The van der Waals surface area contributed by atoms with Crippen LogP contribution in [0.4, 0.5) is 0 Å². The Kier molecular flexibility index (Phi) is 5.45. The summed E-state index contributed by atoms with van der Waals surface area (Å²) in [4.78, 5) is 10.6. The van der Waals surface area contributed by atoms with Crippen molar-refractivity contribution in [3.63, 3.8) is 0 Å². The Morgan fingerprint density at radius 3 is 1.91 bits per heavy atom. The van der Waals surface area contributed by atoms with Gasteiger partial charge in [-0.2, -0.15) is 0 Å². The molecule has 0 atom stereocenters. The molecular weight excluding hydrogens is 310 g/mol. The number of nitrogens with zero attached hydrogens (tertiary/aromatic N) is 5. The monoisotopic (exact) mass is 329 g/mol. The SMILES string of the molecule is Clc1ccc(CN(CCn2ccnc2)CCn2ccnc2)cc1. The van der Waals surface area contributed by atoms with Gasteiger partial charge in [0.2, 0.25) is 0 Å². The average Bonchev–Trinajstić information content (AvgIpc) is 3.25. The lowest BCUT2D eigenvalue weighted by Crippen LogP contribution is -2.30. The Labute approximate surface area is 141 Å². The van der Waals surface area contributed by atoms with Crippen molar-refractivity contribution in [3.8, 4) is 0 Å². The molecule has 0 unspecified atom stereocenters. The van der Waals surface area contributed by atoms with Crippen LogP contribution in [0.3, 0.4) is 0 Å². The van der Waals surface area contributed by atoms with E-state index in [1.807, 2.05) is 49.6 Å². The van der Waals surface area contributed by atoms with E-state index < -0.39 is 0 Å². The lowest BCUT2D eigenvalue weighted by molar-refractivity contribution is 0.244. The van der Waals surface area contributed by atoms with Gasteiger partial charge in [0.25, 0.3) is 0 Å². The third kappa shape index (κ3) is 4.94. The molecule has 0 N–H and O–H groups in total. The maximum absolute atomic E-state index is 5.97. The summed E-state index contributed by atoms with van der Waals surface area (Å²) in [6.07, 6.45) is 11.3. The number of aromatic nitrogens is 4. The molecule has 0 aliphatic heterocycles. The lowest BCUT2D eigenvalue weighted by Gasteiger charge is -2.23. The largest absolute Gasteiger partial charge is 0.336 e. The molecule has 0 fully saturated rings. The Bertz CT molecular complexity index is 638. The van der Waals surface area contributed by atoms with Gasteiger partial charge in [-0.1, -0.05) is 23.7 Å². The highest BCUT2D eigenvalue weighted by Gasteiger charge is 2.07. The topological polar surface area (TPSA) is 38.9 Å².